The van der Waals surface area contributed by atoms with Gasteiger partial charge in [-0.3, -0.25) is 14.4 Å². The van der Waals surface area contributed by atoms with Crippen molar-refractivity contribution >= 4 is 44.1 Å². The summed E-state index contributed by atoms with van der Waals surface area (Å²) < 4.78 is 32.1. The Kier molecular flexibility index (Phi) is 7.27. The maximum absolute atomic E-state index is 13.0. The number of benzene rings is 1. The summed E-state index contributed by atoms with van der Waals surface area (Å²) in [5.41, 5.74) is 7.10. The van der Waals surface area contributed by atoms with Crippen molar-refractivity contribution in [2.75, 3.05) is 39.1 Å². The molecular weight excluding hydrogens is 492 g/mol. The van der Waals surface area contributed by atoms with Crippen molar-refractivity contribution in [3.63, 3.8) is 0 Å². The maximum Gasteiger partial charge on any atom is 0.308 e. The van der Waals surface area contributed by atoms with Gasteiger partial charge in [0.25, 0.3) is 11.8 Å². The number of ether oxygens (including phenoxy) is 1. The molecule has 0 saturated carbocycles. The summed E-state index contributed by atoms with van der Waals surface area (Å²) in [6.45, 7) is 1.92. The molecule has 1 aromatic carbocycles. The summed E-state index contributed by atoms with van der Waals surface area (Å²) in [6, 6.07) is 5.66. The minimum Gasteiger partial charge on any atom is -0.469 e. The number of piperidine rings is 1. The van der Waals surface area contributed by atoms with Gasteiger partial charge in [-0.1, -0.05) is 0 Å². The summed E-state index contributed by atoms with van der Waals surface area (Å²) in [7, 11) is -0.448. The van der Waals surface area contributed by atoms with Gasteiger partial charge in [-0.25, -0.2) is 8.42 Å². The fourth-order valence-electron chi connectivity index (χ4n) is 4.48. The molecule has 1 saturated heterocycles. The minimum atomic E-state index is -3.76. The number of methoxy groups -OCH3 is 1. The molecule has 2 aromatic rings. The first-order valence-electron chi connectivity index (χ1n) is 11.2. The average molecular weight is 521 g/mol. The number of hydrogen-bond donors (Lipinski definition) is 2. The van der Waals surface area contributed by atoms with Crippen LogP contribution in [0.25, 0.3) is 0 Å². The van der Waals surface area contributed by atoms with Crippen LogP contribution >= 0.6 is 11.3 Å². The van der Waals surface area contributed by atoms with Crippen molar-refractivity contribution in [3.05, 3.63) is 45.8 Å². The number of thiophene rings is 1. The molecule has 0 radical (unpaired) electrons. The monoisotopic (exact) mass is 520 g/mol. The Morgan fingerprint density at radius 3 is 2.37 bits per heavy atom. The molecule has 2 aliphatic rings. The number of nitrogens with zero attached hydrogens (tertiary/aromatic N) is 2. The number of fused-ring (bicyclic) bond motifs is 1. The predicted octanol–water partition coefficient (Wildman–Crippen LogP) is 1.66. The fraction of sp³-hybridized carbons (Fsp3) is 0.435. The zero-order chi connectivity index (χ0) is 25.3. The highest BCUT2D eigenvalue weighted by Crippen LogP contribution is 2.37. The van der Waals surface area contributed by atoms with Crippen molar-refractivity contribution in [2.45, 2.75) is 30.7 Å². The topological polar surface area (TPSA) is 139 Å². The van der Waals surface area contributed by atoms with Crippen molar-refractivity contribution in [3.8, 4) is 0 Å². The Bertz CT molecular complexity index is 1250. The normalized spacial score (nSPS) is 17.5. The molecule has 0 bridgehead atoms. The van der Waals surface area contributed by atoms with Crippen LogP contribution in [-0.2, 0) is 32.5 Å². The molecule has 10 nitrogen and oxygen atoms in total. The van der Waals surface area contributed by atoms with Gasteiger partial charge < -0.3 is 20.7 Å². The Balaban J connectivity index is 1.47. The molecule has 2 aliphatic heterocycles. The number of sulfonamides is 1. The number of carbonyl (C=O) groups is 3. The summed E-state index contributed by atoms with van der Waals surface area (Å²) in [6.07, 6.45) is 1.48. The molecule has 3 heterocycles. The van der Waals surface area contributed by atoms with Gasteiger partial charge >= 0.3 is 5.97 Å². The lowest BCUT2D eigenvalue weighted by molar-refractivity contribution is -0.146. The molecule has 3 N–H and O–H groups in total. The minimum absolute atomic E-state index is 0.0676. The first kappa shape index (κ1) is 25.3. The third kappa shape index (κ3) is 5.10. The maximum atomic E-state index is 13.0. The number of esters is 1. The van der Waals surface area contributed by atoms with Gasteiger partial charge in [-0.05, 0) is 56.1 Å². The van der Waals surface area contributed by atoms with Gasteiger partial charge in [-0.15, -0.1) is 11.3 Å². The van der Waals surface area contributed by atoms with Crippen molar-refractivity contribution in [1.82, 2.24) is 9.21 Å². The molecular formula is C23H28N4O6S2. The molecule has 0 aliphatic carbocycles. The average Bonchev–Trinajstić information content (AvgIpc) is 3.20. The highest BCUT2D eigenvalue weighted by atomic mass is 32.2. The molecule has 1 aromatic heterocycles. The Morgan fingerprint density at radius 2 is 1.77 bits per heavy atom. The van der Waals surface area contributed by atoms with E-state index in [1.807, 2.05) is 7.05 Å². The van der Waals surface area contributed by atoms with Crippen LogP contribution in [0.2, 0.25) is 0 Å². The van der Waals surface area contributed by atoms with Gasteiger partial charge in [0.2, 0.25) is 10.0 Å². The van der Waals surface area contributed by atoms with E-state index < -0.39 is 21.8 Å². The van der Waals surface area contributed by atoms with Crippen LogP contribution < -0.4 is 11.1 Å². The van der Waals surface area contributed by atoms with E-state index in [-0.39, 0.29) is 35.4 Å². The van der Waals surface area contributed by atoms with E-state index in [2.05, 4.69) is 10.2 Å². The number of anilines is 1. The predicted molar refractivity (Wildman–Crippen MR) is 131 cm³/mol. The number of nitrogens with one attached hydrogen (secondary N) is 1. The Morgan fingerprint density at radius 1 is 1.11 bits per heavy atom. The second kappa shape index (κ2) is 10.1. The number of rotatable bonds is 6. The van der Waals surface area contributed by atoms with Crippen molar-refractivity contribution in [1.29, 1.82) is 0 Å². The first-order valence-corrected chi connectivity index (χ1v) is 13.5. The molecule has 0 unspecified atom stereocenters. The number of nitrogens with two attached hydrogens (primary N) is 1. The van der Waals surface area contributed by atoms with Gasteiger partial charge in [-0.2, -0.15) is 4.31 Å². The third-order valence-corrected chi connectivity index (χ3v) is 9.51. The number of carbonyl (C=O) groups excluding carboxylic acids is 3. The van der Waals surface area contributed by atoms with E-state index in [1.54, 1.807) is 0 Å². The number of hydrogen-bond acceptors (Lipinski definition) is 8. The molecule has 2 amide bonds. The molecule has 0 spiro atoms. The van der Waals surface area contributed by atoms with Gasteiger partial charge in [0.1, 0.15) is 5.00 Å². The highest BCUT2D eigenvalue weighted by Gasteiger charge is 2.33. The van der Waals surface area contributed by atoms with Crippen molar-refractivity contribution < 1.29 is 27.5 Å². The number of primary amides is 1. The van der Waals surface area contributed by atoms with Crippen LogP contribution in [0.15, 0.2) is 29.2 Å². The van der Waals surface area contributed by atoms with Crippen LogP contribution in [0.5, 0.6) is 0 Å². The lowest BCUT2D eigenvalue weighted by Crippen LogP contribution is -2.40. The highest BCUT2D eigenvalue weighted by molar-refractivity contribution is 7.89. The molecule has 1 fully saturated rings. The van der Waals surface area contributed by atoms with E-state index in [9.17, 15) is 22.8 Å². The fourth-order valence-corrected chi connectivity index (χ4v) is 7.28. The zero-order valence-corrected chi connectivity index (χ0v) is 21.2. The third-order valence-electron chi connectivity index (χ3n) is 6.46. The Hall–Kier alpha value is -2.80. The zero-order valence-electron chi connectivity index (χ0n) is 19.6. The summed E-state index contributed by atoms with van der Waals surface area (Å²) >= 11 is 1.34. The van der Waals surface area contributed by atoms with Crippen LogP contribution in [0.1, 0.15) is 44.0 Å². The number of amides is 2. The molecule has 0 atom stereocenters. The van der Waals surface area contributed by atoms with Gasteiger partial charge in [0.15, 0.2) is 0 Å². The van der Waals surface area contributed by atoms with E-state index in [0.717, 1.165) is 17.0 Å². The largest absolute Gasteiger partial charge is 0.469 e. The van der Waals surface area contributed by atoms with Crippen LogP contribution in [0.4, 0.5) is 5.00 Å². The lowest BCUT2D eigenvalue weighted by Gasteiger charge is -2.29. The van der Waals surface area contributed by atoms with Crippen LogP contribution in [0.3, 0.4) is 0 Å². The quantitative estimate of drug-likeness (QED) is 0.552. The second-order valence-electron chi connectivity index (χ2n) is 8.74. The first-order chi connectivity index (χ1) is 16.6. The van der Waals surface area contributed by atoms with Crippen LogP contribution in [-0.4, -0.2) is 69.2 Å². The van der Waals surface area contributed by atoms with Crippen LogP contribution in [0, 0.1) is 5.92 Å². The standard InChI is InChI=1S/C23H28N4O6S2/c1-26-10-9-17-18(13-26)34-22(19(17)20(24)28)25-21(29)14-3-5-16(6-4-14)35(31,32)27-11-7-15(8-12-27)23(30)33-2/h3-6,15H,7-13H2,1-2H3,(H2,24,28)(H,25,29). The van der Waals surface area contributed by atoms with Gasteiger partial charge in [0.05, 0.1) is 23.5 Å². The molecule has 4 rings (SSSR count). The lowest BCUT2D eigenvalue weighted by atomic mass is 9.99. The molecule has 35 heavy (non-hydrogen) atoms. The summed E-state index contributed by atoms with van der Waals surface area (Å²) in [4.78, 5) is 39.9. The van der Waals surface area contributed by atoms with Crippen molar-refractivity contribution in [2.24, 2.45) is 11.7 Å². The SMILES string of the molecule is COC(=O)C1CCN(S(=O)(=O)c2ccc(C(=O)Nc3sc4c(c3C(N)=O)CCN(C)C4)cc2)CC1. The van der Waals surface area contributed by atoms with E-state index in [4.69, 9.17) is 10.5 Å². The van der Waals surface area contributed by atoms with E-state index >= 15 is 0 Å². The number of likely N-dealkylation sites (N-methyl/N-ethyl adjacent to an activating group) is 1. The smallest absolute Gasteiger partial charge is 0.308 e. The van der Waals surface area contributed by atoms with Gasteiger partial charge in [0, 0.05) is 36.6 Å². The summed E-state index contributed by atoms with van der Waals surface area (Å²) in [5, 5.41) is 3.19. The molecule has 188 valence electrons. The van der Waals surface area contributed by atoms with E-state index in [1.165, 1.54) is 47.0 Å². The molecule has 12 heteroatoms. The second-order valence-corrected chi connectivity index (χ2v) is 11.8. The van der Waals surface area contributed by atoms with E-state index in [0.29, 0.717) is 36.4 Å². The summed E-state index contributed by atoms with van der Waals surface area (Å²) in [5.74, 6) is -1.66. The Labute approximate surface area is 208 Å².